The monoisotopic (exact) mass is 190 g/mol. The first kappa shape index (κ1) is 10.6. The number of hydrogen-bond acceptors (Lipinski definition) is 5. The van der Waals surface area contributed by atoms with Gasteiger partial charge in [-0.25, -0.2) is 0 Å². The molecule has 1 rings (SSSR count). The van der Waals surface area contributed by atoms with Crippen molar-refractivity contribution in [2.75, 3.05) is 0 Å². The Morgan fingerprint density at radius 1 is 1.23 bits per heavy atom. The van der Waals surface area contributed by atoms with Gasteiger partial charge in [-0.3, -0.25) is 0 Å². The summed E-state index contributed by atoms with van der Waals surface area (Å²) < 4.78 is 5.13. The number of rotatable bonds is 2. The standard InChI is InChI=1S/C8H14O5/c1-4-6(10)8(12)7(11)5(13-4)2-3-9/h3-8,10-12H,2H2,1H3. The molecule has 76 valence electrons. The molecule has 1 aliphatic rings. The molecule has 0 amide bonds. The van der Waals surface area contributed by atoms with Crippen molar-refractivity contribution in [2.24, 2.45) is 0 Å². The van der Waals surface area contributed by atoms with E-state index >= 15 is 0 Å². The number of aldehydes is 1. The smallest absolute Gasteiger partial charge is 0.122 e. The summed E-state index contributed by atoms with van der Waals surface area (Å²) in [6, 6.07) is 0. The molecule has 1 fully saturated rings. The van der Waals surface area contributed by atoms with E-state index in [-0.39, 0.29) is 6.42 Å². The molecular weight excluding hydrogens is 176 g/mol. The van der Waals surface area contributed by atoms with Gasteiger partial charge in [0.25, 0.3) is 0 Å². The highest BCUT2D eigenvalue weighted by Crippen LogP contribution is 2.22. The molecule has 3 N–H and O–H groups in total. The number of hydrogen-bond donors (Lipinski definition) is 3. The Morgan fingerprint density at radius 2 is 1.85 bits per heavy atom. The molecule has 1 aliphatic heterocycles. The minimum absolute atomic E-state index is 0.0231. The highest BCUT2D eigenvalue weighted by molar-refractivity contribution is 5.50. The van der Waals surface area contributed by atoms with Gasteiger partial charge in [0, 0.05) is 6.42 Å². The third-order valence-electron chi connectivity index (χ3n) is 2.28. The Morgan fingerprint density at radius 3 is 2.38 bits per heavy atom. The molecule has 0 aromatic heterocycles. The van der Waals surface area contributed by atoms with Crippen molar-refractivity contribution in [2.45, 2.75) is 43.9 Å². The van der Waals surface area contributed by atoms with Crippen LogP contribution in [-0.2, 0) is 9.53 Å². The van der Waals surface area contributed by atoms with Crippen LogP contribution in [0.3, 0.4) is 0 Å². The van der Waals surface area contributed by atoms with E-state index in [1.165, 1.54) is 0 Å². The molecule has 0 radical (unpaired) electrons. The van der Waals surface area contributed by atoms with Gasteiger partial charge >= 0.3 is 0 Å². The summed E-state index contributed by atoms with van der Waals surface area (Å²) >= 11 is 0. The number of carbonyl (C=O) groups is 1. The zero-order chi connectivity index (χ0) is 10.0. The van der Waals surface area contributed by atoms with Gasteiger partial charge in [0.15, 0.2) is 0 Å². The third-order valence-corrected chi connectivity index (χ3v) is 2.28. The van der Waals surface area contributed by atoms with Crippen molar-refractivity contribution >= 4 is 6.29 Å². The van der Waals surface area contributed by atoms with Crippen LogP contribution < -0.4 is 0 Å². The topological polar surface area (TPSA) is 87.0 Å². The van der Waals surface area contributed by atoms with Gasteiger partial charge in [0.05, 0.1) is 12.2 Å². The largest absolute Gasteiger partial charge is 0.388 e. The van der Waals surface area contributed by atoms with Crippen LogP contribution in [0.4, 0.5) is 0 Å². The van der Waals surface area contributed by atoms with Gasteiger partial charge in [0.1, 0.15) is 24.6 Å². The fourth-order valence-corrected chi connectivity index (χ4v) is 1.43. The van der Waals surface area contributed by atoms with Crippen LogP contribution >= 0.6 is 0 Å². The molecule has 0 spiro atoms. The van der Waals surface area contributed by atoms with Crippen molar-refractivity contribution in [3.63, 3.8) is 0 Å². The normalized spacial score (nSPS) is 46.0. The van der Waals surface area contributed by atoms with Gasteiger partial charge in [0.2, 0.25) is 0 Å². The predicted octanol–water partition coefficient (Wildman–Crippen LogP) is -1.55. The van der Waals surface area contributed by atoms with Crippen molar-refractivity contribution in [1.29, 1.82) is 0 Å². The average Bonchev–Trinajstić information content (AvgIpc) is 2.11. The summed E-state index contributed by atoms with van der Waals surface area (Å²) in [4.78, 5) is 10.2. The van der Waals surface area contributed by atoms with E-state index < -0.39 is 30.5 Å². The fraction of sp³-hybridized carbons (Fsp3) is 0.875. The summed E-state index contributed by atoms with van der Waals surface area (Å²) in [5.74, 6) is 0. The molecule has 5 atom stereocenters. The molecule has 13 heavy (non-hydrogen) atoms. The first-order valence-corrected chi connectivity index (χ1v) is 4.21. The summed E-state index contributed by atoms with van der Waals surface area (Å²) in [6.45, 7) is 1.58. The second-order valence-electron chi connectivity index (χ2n) is 3.25. The van der Waals surface area contributed by atoms with Crippen molar-refractivity contribution in [1.82, 2.24) is 0 Å². The number of aliphatic hydroxyl groups excluding tert-OH is 3. The van der Waals surface area contributed by atoms with E-state index in [1.807, 2.05) is 0 Å². The van der Waals surface area contributed by atoms with Gasteiger partial charge in [-0.1, -0.05) is 0 Å². The number of ether oxygens (including phenoxy) is 1. The lowest BCUT2D eigenvalue weighted by Crippen LogP contribution is -2.56. The second kappa shape index (κ2) is 4.15. The van der Waals surface area contributed by atoms with E-state index in [1.54, 1.807) is 6.92 Å². The minimum Gasteiger partial charge on any atom is -0.388 e. The number of carbonyl (C=O) groups excluding carboxylic acids is 1. The van der Waals surface area contributed by atoms with Crippen LogP contribution in [0.1, 0.15) is 13.3 Å². The Hall–Kier alpha value is -0.490. The minimum atomic E-state index is -1.24. The highest BCUT2D eigenvalue weighted by Gasteiger charge is 2.41. The van der Waals surface area contributed by atoms with E-state index in [4.69, 9.17) is 4.74 Å². The SMILES string of the molecule is CC1OC(CC=O)C(O)C(O)C1O. The molecule has 5 unspecified atom stereocenters. The van der Waals surface area contributed by atoms with Gasteiger partial charge in [-0.2, -0.15) is 0 Å². The second-order valence-corrected chi connectivity index (χ2v) is 3.25. The number of aliphatic hydroxyl groups is 3. The molecule has 0 saturated carbocycles. The first-order chi connectivity index (χ1) is 6.07. The summed E-state index contributed by atoms with van der Waals surface area (Å²) in [5, 5.41) is 28.0. The molecule has 1 heterocycles. The molecule has 5 nitrogen and oxygen atoms in total. The molecule has 0 bridgehead atoms. The van der Waals surface area contributed by atoms with Crippen LogP contribution in [0.15, 0.2) is 0 Å². The lowest BCUT2D eigenvalue weighted by Gasteiger charge is -2.38. The van der Waals surface area contributed by atoms with Crippen LogP contribution in [0.25, 0.3) is 0 Å². The molecular formula is C8H14O5. The van der Waals surface area contributed by atoms with Crippen LogP contribution in [0.2, 0.25) is 0 Å². The summed E-state index contributed by atoms with van der Waals surface area (Å²) in [7, 11) is 0. The van der Waals surface area contributed by atoms with E-state index in [2.05, 4.69) is 0 Å². The summed E-state index contributed by atoms with van der Waals surface area (Å²) in [5.41, 5.74) is 0. The van der Waals surface area contributed by atoms with Crippen LogP contribution in [-0.4, -0.2) is 52.1 Å². The maximum atomic E-state index is 10.2. The van der Waals surface area contributed by atoms with Gasteiger partial charge in [-0.15, -0.1) is 0 Å². The Labute approximate surface area is 75.9 Å². The average molecular weight is 190 g/mol. The first-order valence-electron chi connectivity index (χ1n) is 4.21. The molecule has 0 aromatic carbocycles. The molecule has 1 saturated heterocycles. The molecule has 0 aromatic rings. The van der Waals surface area contributed by atoms with Crippen molar-refractivity contribution < 1.29 is 24.9 Å². The van der Waals surface area contributed by atoms with Crippen molar-refractivity contribution in [3.05, 3.63) is 0 Å². The zero-order valence-corrected chi connectivity index (χ0v) is 7.33. The Kier molecular flexibility index (Phi) is 3.38. The lowest BCUT2D eigenvalue weighted by atomic mass is 9.94. The summed E-state index contributed by atoms with van der Waals surface area (Å²) in [6.07, 6.45) is -4.18. The third kappa shape index (κ3) is 2.05. The van der Waals surface area contributed by atoms with E-state index in [9.17, 15) is 20.1 Å². The Bertz CT molecular complexity index is 183. The van der Waals surface area contributed by atoms with E-state index in [0.29, 0.717) is 6.29 Å². The Balaban J connectivity index is 2.64. The molecule has 5 heteroatoms. The van der Waals surface area contributed by atoms with Crippen LogP contribution in [0, 0.1) is 0 Å². The van der Waals surface area contributed by atoms with Crippen LogP contribution in [0.5, 0.6) is 0 Å². The van der Waals surface area contributed by atoms with Gasteiger partial charge in [-0.05, 0) is 6.92 Å². The van der Waals surface area contributed by atoms with Crippen molar-refractivity contribution in [3.8, 4) is 0 Å². The predicted molar refractivity (Wildman–Crippen MR) is 43.0 cm³/mol. The van der Waals surface area contributed by atoms with Gasteiger partial charge < -0.3 is 24.9 Å². The maximum Gasteiger partial charge on any atom is 0.122 e. The highest BCUT2D eigenvalue weighted by atomic mass is 16.5. The lowest BCUT2D eigenvalue weighted by molar-refractivity contribution is -0.216. The molecule has 0 aliphatic carbocycles. The van der Waals surface area contributed by atoms with E-state index in [0.717, 1.165) is 0 Å². The fourth-order valence-electron chi connectivity index (χ4n) is 1.43. The quantitative estimate of drug-likeness (QED) is 0.459. The zero-order valence-electron chi connectivity index (χ0n) is 7.33. The maximum absolute atomic E-state index is 10.2.